The highest BCUT2D eigenvalue weighted by atomic mass is 35.5. The van der Waals surface area contributed by atoms with Gasteiger partial charge in [-0.2, -0.15) is 0 Å². The van der Waals surface area contributed by atoms with Crippen molar-refractivity contribution >= 4 is 17.5 Å². The zero-order chi connectivity index (χ0) is 15.0. The number of hydrogen-bond donors (Lipinski definition) is 2. The SMILES string of the molecule is CCC(COC)NC(=O)c1ccc(C#CCO)c(Cl)c1. The number of rotatable bonds is 5. The summed E-state index contributed by atoms with van der Waals surface area (Å²) in [6.07, 6.45) is 0.785. The van der Waals surface area contributed by atoms with Crippen molar-refractivity contribution < 1.29 is 14.6 Å². The zero-order valence-corrected chi connectivity index (χ0v) is 12.3. The fourth-order valence-electron chi connectivity index (χ4n) is 1.62. The van der Waals surface area contributed by atoms with Gasteiger partial charge in [-0.1, -0.05) is 30.4 Å². The molecule has 0 bridgehead atoms. The van der Waals surface area contributed by atoms with Crippen molar-refractivity contribution in [3.8, 4) is 11.8 Å². The van der Waals surface area contributed by atoms with Crippen molar-refractivity contribution in [3.63, 3.8) is 0 Å². The Hall–Kier alpha value is -1.54. The Morgan fingerprint density at radius 2 is 2.30 bits per heavy atom. The van der Waals surface area contributed by atoms with E-state index in [1.54, 1.807) is 25.3 Å². The Balaban J connectivity index is 2.81. The zero-order valence-electron chi connectivity index (χ0n) is 11.6. The van der Waals surface area contributed by atoms with Gasteiger partial charge in [-0.05, 0) is 24.6 Å². The molecule has 5 heteroatoms. The Labute approximate surface area is 124 Å². The second-order valence-corrected chi connectivity index (χ2v) is 4.60. The van der Waals surface area contributed by atoms with E-state index in [9.17, 15) is 4.79 Å². The van der Waals surface area contributed by atoms with Crippen LogP contribution in [0, 0.1) is 11.8 Å². The molecule has 1 amide bonds. The molecule has 1 aromatic rings. The van der Waals surface area contributed by atoms with Crippen molar-refractivity contribution in [2.45, 2.75) is 19.4 Å². The van der Waals surface area contributed by atoms with Crippen LogP contribution < -0.4 is 5.32 Å². The molecule has 0 aliphatic carbocycles. The van der Waals surface area contributed by atoms with Gasteiger partial charge in [-0.3, -0.25) is 4.79 Å². The highest BCUT2D eigenvalue weighted by Crippen LogP contribution is 2.17. The topological polar surface area (TPSA) is 58.6 Å². The van der Waals surface area contributed by atoms with Gasteiger partial charge in [0.2, 0.25) is 0 Å². The number of methoxy groups -OCH3 is 1. The van der Waals surface area contributed by atoms with Gasteiger partial charge in [0.1, 0.15) is 6.61 Å². The lowest BCUT2D eigenvalue weighted by atomic mass is 10.1. The van der Waals surface area contributed by atoms with E-state index in [0.29, 0.717) is 22.8 Å². The van der Waals surface area contributed by atoms with Crippen LogP contribution in [0.3, 0.4) is 0 Å². The van der Waals surface area contributed by atoms with Gasteiger partial charge in [0.25, 0.3) is 5.91 Å². The summed E-state index contributed by atoms with van der Waals surface area (Å²) in [5, 5.41) is 11.9. The van der Waals surface area contributed by atoms with Gasteiger partial charge in [-0.15, -0.1) is 0 Å². The molecule has 0 saturated carbocycles. The van der Waals surface area contributed by atoms with Crippen LogP contribution in [0.25, 0.3) is 0 Å². The average molecular weight is 296 g/mol. The van der Waals surface area contributed by atoms with Crippen molar-refractivity contribution in [1.82, 2.24) is 5.32 Å². The summed E-state index contributed by atoms with van der Waals surface area (Å²) in [6, 6.07) is 4.86. The molecule has 0 radical (unpaired) electrons. The number of hydrogen-bond acceptors (Lipinski definition) is 3. The first-order chi connectivity index (χ1) is 9.62. The molecule has 1 atom stereocenters. The second-order valence-electron chi connectivity index (χ2n) is 4.19. The molecule has 108 valence electrons. The van der Waals surface area contributed by atoms with E-state index in [0.717, 1.165) is 6.42 Å². The van der Waals surface area contributed by atoms with E-state index >= 15 is 0 Å². The van der Waals surface area contributed by atoms with E-state index in [2.05, 4.69) is 17.2 Å². The van der Waals surface area contributed by atoms with Crippen molar-refractivity contribution in [3.05, 3.63) is 34.3 Å². The lowest BCUT2D eigenvalue weighted by molar-refractivity contribution is 0.0894. The van der Waals surface area contributed by atoms with Gasteiger partial charge in [0, 0.05) is 18.2 Å². The average Bonchev–Trinajstić information content (AvgIpc) is 2.45. The van der Waals surface area contributed by atoms with E-state index < -0.39 is 0 Å². The van der Waals surface area contributed by atoms with E-state index in [-0.39, 0.29) is 18.6 Å². The summed E-state index contributed by atoms with van der Waals surface area (Å²) in [6.45, 7) is 2.22. The van der Waals surface area contributed by atoms with Gasteiger partial charge in [0.15, 0.2) is 0 Å². The first-order valence-corrected chi connectivity index (χ1v) is 6.69. The molecule has 20 heavy (non-hydrogen) atoms. The molecule has 0 aliphatic heterocycles. The molecule has 0 saturated heterocycles. The molecule has 1 aromatic carbocycles. The molecule has 0 aliphatic rings. The highest BCUT2D eigenvalue weighted by Gasteiger charge is 2.13. The number of benzene rings is 1. The molecule has 0 spiro atoms. The summed E-state index contributed by atoms with van der Waals surface area (Å²) < 4.78 is 5.04. The molecule has 0 heterocycles. The van der Waals surface area contributed by atoms with Crippen LogP contribution in [0.4, 0.5) is 0 Å². The number of carbonyl (C=O) groups excluding carboxylic acids is 1. The van der Waals surface area contributed by atoms with Crippen LogP contribution in [-0.4, -0.2) is 37.4 Å². The van der Waals surface area contributed by atoms with Crippen molar-refractivity contribution in [1.29, 1.82) is 0 Å². The fraction of sp³-hybridized carbons (Fsp3) is 0.400. The molecule has 2 N–H and O–H groups in total. The predicted octanol–water partition coefficient (Wildman–Crippen LogP) is 1.84. The number of nitrogens with one attached hydrogen (secondary N) is 1. The molecule has 4 nitrogen and oxygen atoms in total. The quantitative estimate of drug-likeness (QED) is 0.815. The standard InChI is InChI=1S/C15H18ClNO3/c1-3-13(10-20-2)17-15(19)12-7-6-11(5-4-8-18)14(16)9-12/h6-7,9,13,18H,3,8,10H2,1-2H3,(H,17,19). The lowest BCUT2D eigenvalue weighted by Gasteiger charge is -2.16. The van der Waals surface area contributed by atoms with E-state index in [1.807, 2.05) is 6.92 Å². The Bertz CT molecular complexity index is 520. The van der Waals surface area contributed by atoms with Crippen molar-refractivity contribution in [2.24, 2.45) is 0 Å². The predicted molar refractivity (Wildman–Crippen MR) is 78.8 cm³/mol. The molecule has 1 rings (SSSR count). The number of aliphatic hydroxyl groups excluding tert-OH is 1. The third-order valence-corrected chi connectivity index (χ3v) is 3.04. The van der Waals surface area contributed by atoms with Gasteiger partial charge >= 0.3 is 0 Å². The highest BCUT2D eigenvalue weighted by molar-refractivity contribution is 6.32. The summed E-state index contributed by atoms with van der Waals surface area (Å²) in [7, 11) is 1.60. The maximum absolute atomic E-state index is 12.1. The molecular weight excluding hydrogens is 278 g/mol. The maximum Gasteiger partial charge on any atom is 0.251 e. The van der Waals surface area contributed by atoms with Crippen LogP contribution in [0.2, 0.25) is 5.02 Å². The summed E-state index contributed by atoms with van der Waals surface area (Å²) in [4.78, 5) is 12.1. The Kier molecular flexibility index (Phi) is 7.10. The normalized spacial score (nSPS) is 11.4. The number of amides is 1. The monoisotopic (exact) mass is 295 g/mol. The minimum absolute atomic E-state index is 0.0277. The Morgan fingerprint density at radius 1 is 1.55 bits per heavy atom. The minimum atomic E-state index is -0.228. The van der Waals surface area contributed by atoms with Gasteiger partial charge in [0.05, 0.1) is 17.7 Å². The fourth-order valence-corrected chi connectivity index (χ4v) is 1.85. The van der Waals surface area contributed by atoms with Crippen LogP contribution in [0.15, 0.2) is 18.2 Å². The minimum Gasteiger partial charge on any atom is -0.384 e. The third kappa shape index (κ3) is 4.86. The summed E-state index contributed by atoms with van der Waals surface area (Å²) in [5.74, 6) is 5.04. The molecular formula is C15H18ClNO3. The first-order valence-electron chi connectivity index (χ1n) is 6.31. The third-order valence-electron chi connectivity index (χ3n) is 2.73. The second kappa shape index (κ2) is 8.60. The number of carbonyl (C=O) groups is 1. The van der Waals surface area contributed by atoms with Crippen LogP contribution in [0.1, 0.15) is 29.3 Å². The van der Waals surface area contributed by atoms with Crippen LogP contribution in [0.5, 0.6) is 0 Å². The lowest BCUT2D eigenvalue weighted by Crippen LogP contribution is -2.37. The van der Waals surface area contributed by atoms with Gasteiger partial charge < -0.3 is 15.2 Å². The number of halogens is 1. The Morgan fingerprint density at radius 3 is 2.85 bits per heavy atom. The largest absolute Gasteiger partial charge is 0.384 e. The van der Waals surface area contributed by atoms with Gasteiger partial charge in [-0.25, -0.2) is 0 Å². The smallest absolute Gasteiger partial charge is 0.251 e. The number of ether oxygens (including phenoxy) is 1. The molecule has 0 fully saturated rings. The summed E-state index contributed by atoms with van der Waals surface area (Å²) in [5.41, 5.74) is 1.06. The van der Waals surface area contributed by atoms with Crippen LogP contribution in [-0.2, 0) is 4.74 Å². The van der Waals surface area contributed by atoms with E-state index in [4.69, 9.17) is 21.4 Å². The van der Waals surface area contributed by atoms with Crippen molar-refractivity contribution in [2.75, 3.05) is 20.3 Å². The summed E-state index contributed by atoms with van der Waals surface area (Å²) >= 11 is 6.05. The van der Waals surface area contributed by atoms with E-state index in [1.165, 1.54) is 0 Å². The maximum atomic E-state index is 12.1. The van der Waals surface area contributed by atoms with Crippen LogP contribution >= 0.6 is 11.6 Å². The first kappa shape index (κ1) is 16.5. The number of aliphatic hydroxyl groups is 1. The molecule has 0 aromatic heterocycles. The molecule has 1 unspecified atom stereocenters.